The fourth-order valence-electron chi connectivity index (χ4n) is 2.33. The zero-order chi connectivity index (χ0) is 14.0. The summed E-state index contributed by atoms with van der Waals surface area (Å²) in [5.41, 5.74) is 5.20. The second-order valence-corrected chi connectivity index (χ2v) is 4.82. The van der Waals surface area contributed by atoms with Gasteiger partial charge in [-0.3, -0.25) is 14.3 Å². The van der Waals surface area contributed by atoms with Crippen molar-refractivity contribution < 1.29 is 4.74 Å². The van der Waals surface area contributed by atoms with Crippen LogP contribution in [0.1, 0.15) is 20.3 Å². The molecule has 4 N–H and O–H groups in total. The van der Waals surface area contributed by atoms with Crippen LogP contribution in [0.2, 0.25) is 0 Å². The molecule has 0 aliphatic carbocycles. The first-order valence-electron chi connectivity index (χ1n) is 6.51. The van der Waals surface area contributed by atoms with Crippen LogP contribution in [0.25, 0.3) is 0 Å². The molecule has 1 aliphatic heterocycles. The molecule has 106 valence electrons. The molecule has 0 bridgehead atoms. The first kappa shape index (κ1) is 13.7. The van der Waals surface area contributed by atoms with E-state index in [1.807, 2.05) is 6.92 Å². The van der Waals surface area contributed by atoms with E-state index >= 15 is 0 Å². The largest absolute Gasteiger partial charge is 0.383 e. The highest BCUT2D eigenvalue weighted by Crippen LogP contribution is 2.20. The molecule has 1 fully saturated rings. The number of aromatic amines is 1. The van der Waals surface area contributed by atoms with E-state index in [4.69, 9.17) is 10.5 Å². The highest BCUT2D eigenvalue weighted by molar-refractivity contribution is 5.60. The summed E-state index contributed by atoms with van der Waals surface area (Å²) in [7, 11) is 0. The summed E-state index contributed by atoms with van der Waals surface area (Å²) in [4.78, 5) is 25.7. The van der Waals surface area contributed by atoms with Gasteiger partial charge in [0, 0.05) is 25.1 Å². The van der Waals surface area contributed by atoms with Crippen LogP contribution in [-0.4, -0.2) is 28.8 Å². The highest BCUT2D eigenvalue weighted by Gasteiger charge is 2.24. The van der Waals surface area contributed by atoms with Gasteiger partial charge in [0.2, 0.25) is 0 Å². The molecule has 0 radical (unpaired) electrons. The van der Waals surface area contributed by atoms with E-state index in [1.54, 1.807) is 6.92 Å². The van der Waals surface area contributed by atoms with Crippen molar-refractivity contribution in [2.24, 2.45) is 5.92 Å². The number of hydrogen-bond acceptors (Lipinski definition) is 5. The monoisotopic (exact) mass is 268 g/mol. The number of ether oxygens (including phenoxy) is 1. The van der Waals surface area contributed by atoms with E-state index < -0.39 is 11.2 Å². The van der Waals surface area contributed by atoms with Gasteiger partial charge in [-0.15, -0.1) is 0 Å². The van der Waals surface area contributed by atoms with E-state index in [0.29, 0.717) is 19.1 Å². The average molecular weight is 268 g/mol. The molecule has 2 heterocycles. The van der Waals surface area contributed by atoms with Crippen molar-refractivity contribution in [3.05, 3.63) is 20.8 Å². The molecule has 2 rings (SSSR count). The second-order valence-electron chi connectivity index (χ2n) is 4.82. The maximum atomic E-state index is 11.8. The van der Waals surface area contributed by atoms with Crippen LogP contribution >= 0.6 is 0 Å². The first-order chi connectivity index (χ1) is 9.04. The molecular weight excluding hydrogens is 248 g/mol. The van der Waals surface area contributed by atoms with Gasteiger partial charge in [0.25, 0.3) is 5.56 Å². The summed E-state index contributed by atoms with van der Waals surface area (Å²) in [5.74, 6) is 0.530. The zero-order valence-corrected chi connectivity index (χ0v) is 11.2. The predicted molar refractivity (Wildman–Crippen MR) is 73.4 cm³/mol. The molecule has 7 nitrogen and oxygen atoms in total. The third-order valence-electron chi connectivity index (χ3n) is 3.60. The lowest BCUT2D eigenvalue weighted by Gasteiger charge is -2.21. The number of hydrogen-bond donors (Lipinski definition) is 3. The quantitative estimate of drug-likeness (QED) is 0.712. The topological polar surface area (TPSA) is 102 Å². The molecule has 7 heteroatoms. The minimum absolute atomic E-state index is 0.0636. The molecule has 1 aliphatic rings. The van der Waals surface area contributed by atoms with Gasteiger partial charge in [0.15, 0.2) is 0 Å². The lowest BCUT2D eigenvalue weighted by molar-refractivity contribution is 0.183. The Kier molecular flexibility index (Phi) is 3.94. The zero-order valence-electron chi connectivity index (χ0n) is 11.2. The van der Waals surface area contributed by atoms with Crippen LogP contribution in [0, 0.1) is 5.92 Å². The number of nitrogens with zero attached hydrogens (tertiary/aromatic N) is 1. The van der Waals surface area contributed by atoms with Gasteiger partial charge in [0.1, 0.15) is 11.5 Å². The number of nitrogens with two attached hydrogens (primary N) is 1. The number of anilines is 2. The summed E-state index contributed by atoms with van der Waals surface area (Å²) < 4.78 is 6.66. The minimum Gasteiger partial charge on any atom is -0.383 e. The van der Waals surface area contributed by atoms with Crippen LogP contribution in [0.5, 0.6) is 0 Å². The van der Waals surface area contributed by atoms with Crippen molar-refractivity contribution in [1.82, 2.24) is 9.55 Å². The molecule has 19 heavy (non-hydrogen) atoms. The average Bonchev–Trinajstić information content (AvgIpc) is 2.88. The van der Waals surface area contributed by atoms with Crippen LogP contribution in [0.4, 0.5) is 11.5 Å². The second kappa shape index (κ2) is 5.48. The van der Waals surface area contributed by atoms with Crippen LogP contribution < -0.4 is 22.3 Å². The minimum atomic E-state index is -0.479. The summed E-state index contributed by atoms with van der Waals surface area (Å²) in [6.07, 6.45) is 0.958. The molecule has 1 saturated heterocycles. The van der Waals surface area contributed by atoms with Crippen LogP contribution in [-0.2, 0) is 11.3 Å². The van der Waals surface area contributed by atoms with E-state index in [-0.39, 0.29) is 17.5 Å². The smallest absolute Gasteiger partial charge is 0.330 e. The number of aromatic nitrogens is 2. The molecule has 1 aromatic rings. The van der Waals surface area contributed by atoms with Crippen LogP contribution in [0.3, 0.4) is 0 Å². The normalized spacial score (nSPS) is 20.4. The van der Waals surface area contributed by atoms with Gasteiger partial charge in [-0.05, 0) is 20.3 Å². The lowest BCUT2D eigenvalue weighted by atomic mass is 10.0. The van der Waals surface area contributed by atoms with Gasteiger partial charge in [-0.25, -0.2) is 4.79 Å². The Labute approximate surface area is 110 Å². The van der Waals surface area contributed by atoms with E-state index in [2.05, 4.69) is 10.3 Å². The summed E-state index contributed by atoms with van der Waals surface area (Å²) in [6.45, 7) is 5.63. The van der Waals surface area contributed by atoms with Gasteiger partial charge >= 0.3 is 5.69 Å². The maximum absolute atomic E-state index is 11.8. The number of H-pyrrole nitrogens is 1. The van der Waals surface area contributed by atoms with Crippen molar-refractivity contribution >= 4 is 11.5 Å². The van der Waals surface area contributed by atoms with Gasteiger partial charge in [-0.2, -0.15) is 0 Å². The third kappa shape index (κ3) is 2.65. The Morgan fingerprint density at radius 1 is 1.58 bits per heavy atom. The van der Waals surface area contributed by atoms with Gasteiger partial charge < -0.3 is 15.8 Å². The fraction of sp³-hybridized carbons (Fsp3) is 0.667. The number of nitrogen functional groups attached to an aromatic ring is 1. The SMILES string of the molecule is CCn1c(N)c(NC(C)C2CCOC2)c(=O)[nH]c1=O. The summed E-state index contributed by atoms with van der Waals surface area (Å²) in [6, 6.07) is 0.0636. The Balaban J connectivity index is 2.29. The lowest BCUT2D eigenvalue weighted by Crippen LogP contribution is -2.36. The Morgan fingerprint density at radius 3 is 2.89 bits per heavy atom. The number of nitrogens with one attached hydrogen (secondary N) is 2. The van der Waals surface area contributed by atoms with Crippen molar-refractivity contribution in [2.45, 2.75) is 32.9 Å². The third-order valence-corrected chi connectivity index (χ3v) is 3.60. The predicted octanol–water partition coefficient (Wildman–Crippen LogP) is -0.0244. The van der Waals surface area contributed by atoms with Crippen molar-refractivity contribution in [1.29, 1.82) is 0 Å². The highest BCUT2D eigenvalue weighted by atomic mass is 16.5. The van der Waals surface area contributed by atoms with Gasteiger partial charge in [0.05, 0.1) is 6.61 Å². The van der Waals surface area contributed by atoms with E-state index in [0.717, 1.165) is 13.0 Å². The standard InChI is InChI=1S/C12H20N4O3/c1-3-16-10(13)9(11(17)15-12(16)18)14-7(2)8-4-5-19-6-8/h7-8,14H,3-6,13H2,1-2H3,(H,15,17,18). The summed E-state index contributed by atoms with van der Waals surface area (Å²) >= 11 is 0. The van der Waals surface area contributed by atoms with Crippen molar-refractivity contribution in [3.8, 4) is 0 Å². The molecular formula is C12H20N4O3. The Bertz CT molecular complexity index is 557. The Hall–Kier alpha value is -1.76. The molecule has 0 saturated carbocycles. The summed E-state index contributed by atoms with van der Waals surface area (Å²) in [5, 5.41) is 3.11. The van der Waals surface area contributed by atoms with E-state index in [1.165, 1.54) is 4.57 Å². The molecule has 0 spiro atoms. The molecule has 0 aromatic carbocycles. The maximum Gasteiger partial charge on any atom is 0.330 e. The van der Waals surface area contributed by atoms with Crippen LogP contribution in [0.15, 0.2) is 9.59 Å². The first-order valence-corrected chi connectivity index (χ1v) is 6.51. The van der Waals surface area contributed by atoms with Gasteiger partial charge in [-0.1, -0.05) is 0 Å². The van der Waals surface area contributed by atoms with Crippen molar-refractivity contribution in [2.75, 3.05) is 24.3 Å². The number of rotatable bonds is 4. The van der Waals surface area contributed by atoms with Crippen molar-refractivity contribution in [3.63, 3.8) is 0 Å². The Morgan fingerprint density at radius 2 is 2.32 bits per heavy atom. The molecule has 2 unspecified atom stereocenters. The molecule has 2 atom stereocenters. The molecule has 0 amide bonds. The van der Waals surface area contributed by atoms with E-state index in [9.17, 15) is 9.59 Å². The fourth-order valence-corrected chi connectivity index (χ4v) is 2.33. The molecule has 1 aromatic heterocycles.